The smallest absolute Gasteiger partial charge is 0.270 e. The number of carbonyl (C=O) groups excluding carboxylic acids is 2. The maximum Gasteiger partial charge on any atom is 0.270 e. The van der Waals surface area contributed by atoms with Crippen molar-refractivity contribution in [2.45, 2.75) is 38.7 Å². The van der Waals surface area contributed by atoms with Crippen molar-refractivity contribution in [3.05, 3.63) is 34.5 Å². The minimum Gasteiger partial charge on any atom is -0.350 e. The van der Waals surface area contributed by atoms with Crippen LogP contribution in [0.15, 0.2) is 18.2 Å². The first-order valence-corrected chi connectivity index (χ1v) is 11.0. The number of hydrogen-bond donors (Lipinski definition) is 1. The highest BCUT2D eigenvalue weighted by atomic mass is 35.5. The van der Waals surface area contributed by atoms with Gasteiger partial charge in [-0.15, -0.1) is 0 Å². The van der Waals surface area contributed by atoms with Gasteiger partial charge in [0.15, 0.2) is 0 Å². The van der Waals surface area contributed by atoms with Crippen LogP contribution in [0.2, 0.25) is 5.02 Å². The molecule has 2 saturated heterocycles. The van der Waals surface area contributed by atoms with Crippen LogP contribution in [-0.4, -0.2) is 82.7 Å². The molecule has 0 atom stereocenters. The number of aromatic nitrogens is 1. The van der Waals surface area contributed by atoms with Crippen molar-refractivity contribution in [1.82, 2.24) is 19.7 Å². The average molecular weight is 453 g/mol. The van der Waals surface area contributed by atoms with Gasteiger partial charge in [-0.1, -0.05) is 11.6 Å². The molecule has 0 saturated carbocycles. The Morgan fingerprint density at radius 2 is 1.58 bits per heavy atom. The summed E-state index contributed by atoms with van der Waals surface area (Å²) in [6.07, 6.45) is -0.652. The Bertz CT molecular complexity index is 989. The molecule has 9 heteroatoms. The molecule has 1 N–H and O–H groups in total. The van der Waals surface area contributed by atoms with Gasteiger partial charge in [-0.25, -0.2) is 8.78 Å². The lowest BCUT2D eigenvalue weighted by atomic mass is 10.1. The molecule has 0 bridgehead atoms. The van der Waals surface area contributed by atoms with E-state index in [0.29, 0.717) is 46.3 Å². The first-order chi connectivity index (χ1) is 14.6. The first kappa shape index (κ1) is 22.0. The Labute approximate surface area is 185 Å². The van der Waals surface area contributed by atoms with E-state index in [2.05, 4.69) is 23.7 Å². The lowest BCUT2D eigenvalue weighted by Crippen LogP contribution is -2.50. The summed E-state index contributed by atoms with van der Waals surface area (Å²) in [6.45, 7) is 7.25. The van der Waals surface area contributed by atoms with Crippen molar-refractivity contribution in [3.63, 3.8) is 0 Å². The molecule has 4 rings (SSSR count). The van der Waals surface area contributed by atoms with Crippen molar-refractivity contribution in [3.8, 4) is 0 Å². The monoisotopic (exact) mass is 452 g/mol. The summed E-state index contributed by atoms with van der Waals surface area (Å²) in [5, 5.41) is 1.02. The minimum absolute atomic E-state index is 0.0219. The molecule has 0 unspecified atom stereocenters. The summed E-state index contributed by atoms with van der Waals surface area (Å²) >= 11 is 6.41. The van der Waals surface area contributed by atoms with Crippen LogP contribution in [0, 0.1) is 0 Å². The number of aromatic amines is 1. The highest BCUT2D eigenvalue weighted by molar-refractivity contribution is 6.34. The predicted octanol–water partition coefficient (Wildman–Crippen LogP) is 3.86. The molecular formula is C22H27ClF2N4O2. The number of likely N-dealkylation sites (tertiary alicyclic amines) is 1. The van der Waals surface area contributed by atoms with Crippen LogP contribution < -0.4 is 0 Å². The van der Waals surface area contributed by atoms with Crippen LogP contribution in [-0.2, 0) is 0 Å². The minimum atomic E-state index is -2.71. The number of rotatable bonds is 3. The molecule has 6 nitrogen and oxygen atoms in total. The third kappa shape index (κ3) is 4.55. The van der Waals surface area contributed by atoms with E-state index in [9.17, 15) is 18.4 Å². The number of halogens is 3. The number of nitrogens with one attached hydrogen (secondary N) is 1. The second-order valence-corrected chi connectivity index (χ2v) is 9.08. The Morgan fingerprint density at radius 1 is 0.968 bits per heavy atom. The number of piperidine rings is 1. The van der Waals surface area contributed by atoms with Crippen molar-refractivity contribution in [2.24, 2.45) is 0 Å². The van der Waals surface area contributed by atoms with Gasteiger partial charge in [-0.05, 0) is 32.0 Å². The van der Waals surface area contributed by atoms with E-state index in [-0.39, 0.29) is 37.7 Å². The van der Waals surface area contributed by atoms with Gasteiger partial charge in [0.2, 0.25) is 0 Å². The van der Waals surface area contributed by atoms with Gasteiger partial charge in [0, 0.05) is 69.1 Å². The van der Waals surface area contributed by atoms with Crippen LogP contribution in [0.1, 0.15) is 47.5 Å². The molecule has 0 radical (unpaired) electrons. The summed E-state index contributed by atoms with van der Waals surface area (Å²) in [5.74, 6) is -3.15. The Balaban J connectivity index is 1.51. The molecule has 0 aliphatic carbocycles. The zero-order valence-electron chi connectivity index (χ0n) is 17.8. The number of fused-ring (bicyclic) bond motifs is 1. The fourth-order valence-electron chi connectivity index (χ4n) is 4.25. The van der Waals surface area contributed by atoms with Crippen LogP contribution in [0.4, 0.5) is 8.78 Å². The van der Waals surface area contributed by atoms with Gasteiger partial charge >= 0.3 is 0 Å². The average Bonchev–Trinajstić information content (AvgIpc) is 3.15. The van der Waals surface area contributed by atoms with Crippen molar-refractivity contribution >= 4 is 34.3 Å². The molecule has 2 aliphatic heterocycles. The van der Waals surface area contributed by atoms with E-state index in [1.165, 1.54) is 4.90 Å². The summed E-state index contributed by atoms with van der Waals surface area (Å²) in [5.41, 5.74) is 1.35. The summed E-state index contributed by atoms with van der Waals surface area (Å²) in [6, 6.07) is 5.45. The molecule has 2 aliphatic rings. The summed E-state index contributed by atoms with van der Waals surface area (Å²) < 4.78 is 26.8. The molecule has 3 heterocycles. The summed E-state index contributed by atoms with van der Waals surface area (Å²) in [7, 11) is 0. The maximum absolute atomic E-state index is 13.4. The number of carbonyl (C=O) groups is 2. The third-order valence-electron chi connectivity index (χ3n) is 6.28. The molecule has 1 aromatic heterocycles. The number of amides is 2. The Hall–Kier alpha value is -2.19. The van der Waals surface area contributed by atoms with E-state index in [4.69, 9.17) is 11.6 Å². The highest BCUT2D eigenvalue weighted by Crippen LogP contribution is 2.30. The fourth-order valence-corrected chi connectivity index (χ4v) is 4.50. The van der Waals surface area contributed by atoms with E-state index >= 15 is 0 Å². The molecular weight excluding hydrogens is 426 g/mol. The highest BCUT2D eigenvalue weighted by Gasteiger charge is 2.36. The van der Waals surface area contributed by atoms with E-state index < -0.39 is 5.92 Å². The molecule has 31 heavy (non-hydrogen) atoms. The molecule has 1 aromatic carbocycles. The second kappa shape index (κ2) is 8.39. The number of H-pyrrole nitrogens is 1. The zero-order chi connectivity index (χ0) is 22.3. The lowest BCUT2D eigenvalue weighted by Gasteiger charge is -2.37. The van der Waals surface area contributed by atoms with Crippen molar-refractivity contribution < 1.29 is 18.4 Å². The largest absolute Gasteiger partial charge is 0.350 e. The topological polar surface area (TPSA) is 59.7 Å². The maximum atomic E-state index is 13.4. The number of nitrogens with zero attached hydrogens (tertiary/aromatic N) is 3. The van der Waals surface area contributed by atoms with Gasteiger partial charge in [0.1, 0.15) is 5.69 Å². The lowest BCUT2D eigenvalue weighted by molar-refractivity contribution is -0.0495. The number of alkyl halides is 2. The van der Waals surface area contributed by atoms with Crippen LogP contribution in [0.3, 0.4) is 0 Å². The Kier molecular flexibility index (Phi) is 5.96. The van der Waals surface area contributed by atoms with Gasteiger partial charge in [-0.3, -0.25) is 14.5 Å². The molecule has 168 valence electrons. The van der Waals surface area contributed by atoms with Crippen LogP contribution in [0.25, 0.3) is 10.9 Å². The first-order valence-electron chi connectivity index (χ1n) is 10.7. The van der Waals surface area contributed by atoms with Gasteiger partial charge in [-0.2, -0.15) is 0 Å². The molecule has 2 fully saturated rings. The van der Waals surface area contributed by atoms with Crippen LogP contribution >= 0.6 is 11.6 Å². The SMILES string of the molecule is CC(C)N1CCN(C(=O)c2cc3cc(C(=O)N4CCC(F)(F)CC4)[nH]c3cc2Cl)CC1. The molecule has 0 spiro atoms. The third-order valence-corrected chi connectivity index (χ3v) is 6.60. The number of piperazine rings is 1. The van der Waals surface area contributed by atoms with E-state index in [1.807, 2.05) is 0 Å². The quantitative estimate of drug-likeness (QED) is 0.769. The number of benzene rings is 1. The van der Waals surface area contributed by atoms with Gasteiger partial charge in [0.05, 0.1) is 10.6 Å². The van der Waals surface area contributed by atoms with Gasteiger partial charge in [0.25, 0.3) is 17.7 Å². The summed E-state index contributed by atoms with van der Waals surface area (Å²) in [4.78, 5) is 34.4. The normalized spacial score (nSPS) is 19.9. The van der Waals surface area contributed by atoms with E-state index in [0.717, 1.165) is 13.1 Å². The zero-order valence-corrected chi connectivity index (χ0v) is 18.5. The second-order valence-electron chi connectivity index (χ2n) is 8.67. The predicted molar refractivity (Wildman–Crippen MR) is 116 cm³/mol. The van der Waals surface area contributed by atoms with Crippen LogP contribution in [0.5, 0.6) is 0 Å². The van der Waals surface area contributed by atoms with Gasteiger partial charge < -0.3 is 14.8 Å². The molecule has 2 aromatic rings. The molecule has 2 amide bonds. The van der Waals surface area contributed by atoms with Crippen molar-refractivity contribution in [1.29, 1.82) is 0 Å². The van der Waals surface area contributed by atoms with Crippen molar-refractivity contribution in [2.75, 3.05) is 39.3 Å². The van der Waals surface area contributed by atoms with E-state index in [1.54, 1.807) is 23.1 Å². The number of hydrogen-bond acceptors (Lipinski definition) is 3. The Morgan fingerprint density at radius 3 is 2.19 bits per heavy atom. The standard InChI is InChI=1S/C22H27ClF2N4O2/c1-14(2)27-7-9-29(10-8-27)20(30)16-11-15-12-19(26-18(15)13-17(16)23)21(31)28-5-3-22(24,25)4-6-28/h11-14,26H,3-10H2,1-2H3. The fraction of sp³-hybridized carbons (Fsp3) is 0.545.